The van der Waals surface area contributed by atoms with E-state index in [1.165, 1.54) is 6.42 Å². The molecule has 2 aliphatic heterocycles. The lowest BCUT2D eigenvalue weighted by atomic mass is 9.45. The molecule has 10 heteroatoms. The molecule has 2 unspecified atom stereocenters. The smallest absolute Gasteiger partial charge is 0.240 e. The van der Waals surface area contributed by atoms with Gasteiger partial charge in [-0.1, -0.05) is 32.9 Å². The number of nitrogens with zero attached hydrogens (tertiary/aromatic N) is 2. The Hall–Kier alpha value is -1.02. The summed E-state index contributed by atoms with van der Waals surface area (Å²) >= 11 is 2.28. The number of nitrogens with one attached hydrogen (secondary N) is 1. The number of hydrogen-bond acceptors (Lipinski definition) is 8. The van der Waals surface area contributed by atoms with E-state index in [0.29, 0.717) is 36.3 Å². The molecule has 2 heterocycles. The minimum atomic E-state index is -0.825. The number of hydroxylamine groups is 2. The number of amides is 1. The van der Waals surface area contributed by atoms with Crippen LogP contribution in [0.5, 0.6) is 5.75 Å². The molecule has 3 saturated carbocycles. The number of benzene rings is 1. The third-order valence-corrected chi connectivity index (χ3v) is 11.0. The summed E-state index contributed by atoms with van der Waals surface area (Å²) in [5, 5.41) is 25.9. The highest BCUT2D eigenvalue weighted by Crippen LogP contribution is 2.61. The predicted octanol–water partition coefficient (Wildman–Crippen LogP) is 2.66. The number of para-hydroxylation sites is 1. The topological polar surface area (TPSA) is 104 Å². The normalized spacial score (nSPS) is 34.7. The summed E-state index contributed by atoms with van der Waals surface area (Å²) in [5.41, 5.74) is 1.24. The Morgan fingerprint density at radius 1 is 1.27 bits per heavy atom. The molecular formula is C30H46IN3O6. The minimum Gasteiger partial charge on any atom is -0.491 e. The Bertz CT molecular complexity index is 1030. The fourth-order valence-electron chi connectivity index (χ4n) is 7.59. The SMILES string of the molecule is C[C@H](O)[C@@H]1[C@H](CO)ON(Cc2cccc(I)c2OCCN2CCOCC2)[C@@H]1C(=O)NC1CC2C[C@@H]([C@@H]1C)C2(C)C. The van der Waals surface area contributed by atoms with Crippen molar-refractivity contribution < 1.29 is 29.3 Å². The molecule has 0 aromatic heterocycles. The Balaban J connectivity index is 1.31. The zero-order chi connectivity index (χ0) is 28.6. The lowest BCUT2D eigenvalue weighted by Gasteiger charge is -2.62. The Labute approximate surface area is 252 Å². The van der Waals surface area contributed by atoms with E-state index in [-0.39, 0.29) is 18.6 Å². The molecule has 3 N–H and O–H groups in total. The maximum atomic E-state index is 13.9. The molecule has 6 rings (SSSR count). The van der Waals surface area contributed by atoms with Gasteiger partial charge in [-0.05, 0) is 71.6 Å². The summed E-state index contributed by atoms with van der Waals surface area (Å²) in [7, 11) is 0. The highest BCUT2D eigenvalue weighted by atomic mass is 127. The van der Waals surface area contributed by atoms with Crippen LogP contribution in [0.4, 0.5) is 0 Å². The van der Waals surface area contributed by atoms with Crippen molar-refractivity contribution in [3.8, 4) is 5.75 Å². The summed E-state index contributed by atoms with van der Waals surface area (Å²) in [5.74, 6) is 1.70. The molecule has 0 spiro atoms. The second-order valence-electron chi connectivity index (χ2n) is 12.8. The highest BCUT2D eigenvalue weighted by molar-refractivity contribution is 14.1. The monoisotopic (exact) mass is 671 g/mol. The highest BCUT2D eigenvalue weighted by Gasteiger charge is 2.57. The average molecular weight is 672 g/mol. The number of aliphatic hydroxyl groups is 2. The first-order valence-corrected chi connectivity index (χ1v) is 15.9. The molecule has 5 aliphatic rings. The zero-order valence-electron chi connectivity index (χ0n) is 24.2. The van der Waals surface area contributed by atoms with Gasteiger partial charge in [-0.15, -0.1) is 0 Å². The first kappa shape index (κ1) is 30.4. The van der Waals surface area contributed by atoms with Crippen molar-refractivity contribution in [2.45, 2.75) is 71.4 Å². The molecule has 5 fully saturated rings. The van der Waals surface area contributed by atoms with Gasteiger partial charge in [0.1, 0.15) is 24.5 Å². The average Bonchev–Trinajstić information content (AvgIpc) is 3.30. The second kappa shape index (κ2) is 12.7. The van der Waals surface area contributed by atoms with Crippen LogP contribution in [0.3, 0.4) is 0 Å². The zero-order valence-corrected chi connectivity index (χ0v) is 26.4. The number of carbonyl (C=O) groups is 1. The van der Waals surface area contributed by atoms with Crippen LogP contribution in [0.2, 0.25) is 0 Å². The van der Waals surface area contributed by atoms with Crippen LogP contribution in [0.25, 0.3) is 0 Å². The maximum Gasteiger partial charge on any atom is 0.240 e. The van der Waals surface area contributed by atoms with Crippen molar-refractivity contribution in [2.75, 3.05) is 46.1 Å². The van der Waals surface area contributed by atoms with E-state index in [2.05, 4.69) is 53.6 Å². The number of rotatable bonds is 10. The van der Waals surface area contributed by atoms with Crippen molar-refractivity contribution in [3.63, 3.8) is 0 Å². The van der Waals surface area contributed by atoms with E-state index in [1.807, 2.05) is 18.2 Å². The Morgan fingerprint density at radius 2 is 2.02 bits per heavy atom. The number of halogens is 1. The molecule has 40 heavy (non-hydrogen) atoms. The van der Waals surface area contributed by atoms with Gasteiger partial charge in [0.15, 0.2) is 0 Å². The molecule has 8 atom stereocenters. The van der Waals surface area contributed by atoms with Crippen LogP contribution >= 0.6 is 22.6 Å². The minimum absolute atomic E-state index is 0.103. The fourth-order valence-corrected chi connectivity index (χ4v) is 8.30. The van der Waals surface area contributed by atoms with E-state index in [0.717, 1.165) is 54.2 Å². The van der Waals surface area contributed by atoms with Gasteiger partial charge in [0.05, 0.1) is 36.0 Å². The van der Waals surface area contributed by atoms with E-state index < -0.39 is 24.2 Å². The van der Waals surface area contributed by atoms with Gasteiger partial charge in [0, 0.05) is 37.2 Å². The molecule has 2 saturated heterocycles. The quantitative estimate of drug-likeness (QED) is 0.327. The van der Waals surface area contributed by atoms with Gasteiger partial charge in [-0.25, -0.2) is 0 Å². The number of ether oxygens (including phenoxy) is 2. The lowest BCUT2D eigenvalue weighted by molar-refractivity contribution is -0.183. The van der Waals surface area contributed by atoms with E-state index in [4.69, 9.17) is 14.3 Å². The van der Waals surface area contributed by atoms with Gasteiger partial charge in [0.25, 0.3) is 0 Å². The van der Waals surface area contributed by atoms with E-state index in [1.54, 1.807) is 12.0 Å². The van der Waals surface area contributed by atoms with Crippen LogP contribution in [0.1, 0.15) is 46.1 Å². The molecule has 1 aromatic rings. The van der Waals surface area contributed by atoms with Crippen LogP contribution in [0.15, 0.2) is 18.2 Å². The fraction of sp³-hybridized carbons (Fsp3) is 0.767. The van der Waals surface area contributed by atoms with Crippen molar-refractivity contribution >= 4 is 28.5 Å². The van der Waals surface area contributed by atoms with Crippen molar-refractivity contribution in [3.05, 3.63) is 27.3 Å². The van der Waals surface area contributed by atoms with Gasteiger partial charge >= 0.3 is 0 Å². The summed E-state index contributed by atoms with van der Waals surface area (Å²) in [6.45, 7) is 13.3. The van der Waals surface area contributed by atoms with Crippen molar-refractivity contribution in [2.24, 2.45) is 29.1 Å². The Morgan fingerprint density at radius 3 is 2.67 bits per heavy atom. The van der Waals surface area contributed by atoms with Crippen LogP contribution in [-0.2, 0) is 20.9 Å². The number of fused-ring (bicyclic) bond motifs is 2. The Kier molecular flexibility index (Phi) is 9.66. The molecule has 1 amide bonds. The first-order chi connectivity index (χ1) is 19.1. The molecule has 2 bridgehead atoms. The van der Waals surface area contributed by atoms with Crippen LogP contribution < -0.4 is 10.1 Å². The number of aliphatic hydroxyl groups excluding tert-OH is 2. The second-order valence-corrected chi connectivity index (χ2v) is 13.9. The summed E-state index contributed by atoms with van der Waals surface area (Å²) < 4.78 is 12.7. The van der Waals surface area contributed by atoms with Crippen LogP contribution in [0, 0.1) is 32.7 Å². The van der Waals surface area contributed by atoms with E-state index in [9.17, 15) is 15.0 Å². The molecule has 9 nitrogen and oxygen atoms in total. The molecule has 224 valence electrons. The third kappa shape index (κ3) is 6.05. The molecule has 1 aromatic carbocycles. The summed E-state index contributed by atoms with van der Waals surface area (Å²) in [4.78, 5) is 22.5. The third-order valence-electron chi connectivity index (χ3n) is 10.2. The largest absolute Gasteiger partial charge is 0.491 e. The first-order valence-electron chi connectivity index (χ1n) is 14.8. The predicted molar refractivity (Wildman–Crippen MR) is 159 cm³/mol. The summed E-state index contributed by atoms with van der Waals surface area (Å²) in [6.07, 6.45) is 0.725. The van der Waals surface area contributed by atoms with E-state index >= 15 is 0 Å². The molecule has 0 radical (unpaired) electrons. The lowest BCUT2D eigenvalue weighted by Crippen LogP contribution is -2.62. The van der Waals surface area contributed by atoms with Crippen molar-refractivity contribution in [1.29, 1.82) is 0 Å². The molecule has 3 aliphatic carbocycles. The van der Waals surface area contributed by atoms with Crippen molar-refractivity contribution in [1.82, 2.24) is 15.3 Å². The number of carbonyl (C=O) groups excluding carboxylic acids is 1. The molecular weight excluding hydrogens is 625 g/mol. The van der Waals surface area contributed by atoms with Gasteiger partial charge in [0.2, 0.25) is 5.91 Å². The summed E-state index contributed by atoms with van der Waals surface area (Å²) in [6, 6.07) is 5.35. The van der Waals surface area contributed by atoms with Gasteiger partial charge < -0.3 is 25.0 Å². The van der Waals surface area contributed by atoms with Gasteiger partial charge in [-0.3, -0.25) is 14.5 Å². The van der Waals surface area contributed by atoms with Crippen LogP contribution in [-0.4, -0.2) is 96.4 Å². The maximum absolute atomic E-state index is 13.9. The number of hydrogen-bond donors (Lipinski definition) is 3. The standard InChI is InChI=1S/C30H46IN3O6/c1-18-22-14-21(30(22,3)4)15-24(18)32-29(37)27-26(19(2)36)25(17-35)40-34(27)16-20-6-5-7-23(31)28(20)39-13-10-33-8-11-38-12-9-33/h5-7,18-19,21-22,24-27,35-36H,8-17H2,1-4H3,(H,32,37)/t18-,19-,21?,22-,24?,25-,26+,27-/m0/s1. The van der Waals surface area contributed by atoms with Gasteiger partial charge in [-0.2, -0.15) is 5.06 Å². The number of morpholine rings is 1.